The topological polar surface area (TPSA) is 72.2 Å². The molecule has 0 aliphatic rings. The third-order valence-corrected chi connectivity index (χ3v) is 4.59. The van der Waals surface area contributed by atoms with Crippen LogP contribution in [0, 0.1) is 5.82 Å². The molecule has 4 aromatic rings. The lowest BCUT2D eigenvalue weighted by Crippen LogP contribution is -2.20. The number of pyridine rings is 2. The van der Waals surface area contributed by atoms with Gasteiger partial charge >= 0.3 is 5.97 Å². The highest BCUT2D eigenvalue weighted by Crippen LogP contribution is 2.21. The molecule has 2 heterocycles. The van der Waals surface area contributed by atoms with E-state index in [1.165, 1.54) is 12.3 Å². The van der Waals surface area contributed by atoms with E-state index in [1.54, 1.807) is 23.0 Å². The van der Waals surface area contributed by atoms with Gasteiger partial charge in [-0.05, 0) is 34.9 Å². The summed E-state index contributed by atoms with van der Waals surface area (Å²) in [7, 11) is 0. The maximum atomic E-state index is 14.2. The maximum Gasteiger partial charge on any atom is 0.341 e. The molecule has 0 fully saturated rings. The quantitative estimate of drug-likeness (QED) is 0.587. The van der Waals surface area contributed by atoms with Crippen LogP contribution >= 0.6 is 0 Å². The Morgan fingerprint density at radius 1 is 1.04 bits per heavy atom. The number of carbonyl (C=O) groups is 1. The van der Waals surface area contributed by atoms with Gasteiger partial charge < -0.3 is 9.67 Å². The van der Waals surface area contributed by atoms with E-state index in [2.05, 4.69) is 4.98 Å². The molecule has 0 aliphatic carbocycles. The fourth-order valence-electron chi connectivity index (χ4n) is 3.21. The Morgan fingerprint density at radius 2 is 1.82 bits per heavy atom. The molecule has 0 unspecified atom stereocenters. The van der Waals surface area contributed by atoms with Gasteiger partial charge in [0.05, 0.1) is 10.9 Å². The molecule has 0 bridgehead atoms. The van der Waals surface area contributed by atoms with Crippen LogP contribution in [-0.4, -0.2) is 20.6 Å². The van der Waals surface area contributed by atoms with E-state index >= 15 is 0 Å². The van der Waals surface area contributed by atoms with Crippen molar-refractivity contribution in [3.63, 3.8) is 0 Å². The van der Waals surface area contributed by atoms with Crippen molar-refractivity contribution in [3.8, 4) is 11.1 Å². The van der Waals surface area contributed by atoms with E-state index in [0.717, 1.165) is 22.8 Å². The monoisotopic (exact) mass is 374 g/mol. The number of fused-ring (bicyclic) bond motifs is 1. The van der Waals surface area contributed by atoms with Crippen molar-refractivity contribution < 1.29 is 14.3 Å². The van der Waals surface area contributed by atoms with Gasteiger partial charge in [0.25, 0.3) is 0 Å². The summed E-state index contributed by atoms with van der Waals surface area (Å²) in [4.78, 5) is 27.9. The number of carboxylic acids is 1. The van der Waals surface area contributed by atoms with Crippen LogP contribution in [0.2, 0.25) is 0 Å². The Bertz CT molecular complexity index is 1230. The standard InChI is InChI=1S/C22H15FN2O3/c23-18-4-1-5-19-20(18)21(26)17(22(27)28)13-25(19)12-14-6-8-15(9-7-14)16-3-2-10-24-11-16/h1-11,13H,12H2,(H,27,28). The van der Waals surface area contributed by atoms with Crippen LogP contribution in [0.1, 0.15) is 15.9 Å². The van der Waals surface area contributed by atoms with Crippen LogP contribution in [0.25, 0.3) is 22.0 Å². The number of rotatable bonds is 4. The van der Waals surface area contributed by atoms with Crippen molar-refractivity contribution in [1.82, 2.24) is 9.55 Å². The Morgan fingerprint density at radius 3 is 2.50 bits per heavy atom. The summed E-state index contributed by atoms with van der Waals surface area (Å²) in [6, 6.07) is 15.8. The molecule has 138 valence electrons. The lowest BCUT2D eigenvalue weighted by molar-refractivity contribution is 0.0695. The number of benzene rings is 2. The van der Waals surface area contributed by atoms with Crippen molar-refractivity contribution in [3.05, 3.63) is 100 Å². The largest absolute Gasteiger partial charge is 0.477 e. The summed E-state index contributed by atoms with van der Waals surface area (Å²) in [6.45, 7) is 0.299. The smallest absolute Gasteiger partial charge is 0.341 e. The maximum absolute atomic E-state index is 14.2. The van der Waals surface area contributed by atoms with Crippen molar-refractivity contribution >= 4 is 16.9 Å². The van der Waals surface area contributed by atoms with Crippen LogP contribution < -0.4 is 5.43 Å². The minimum Gasteiger partial charge on any atom is -0.477 e. The second kappa shape index (κ2) is 7.08. The predicted molar refractivity (Wildman–Crippen MR) is 104 cm³/mol. The molecule has 0 aliphatic heterocycles. The minimum atomic E-state index is -1.38. The van der Waals surface area contributed by atoms with Crippen molar-refractivity contribution in [1.29, 1.82) is 0 Å². The van der Waals surface area contributed by atoms with Crippen molar-refractivity contribution in [2.75, 3.05) is 0 Å². The molecule has 0 radical (unpaired) electrons. The van der Waals surface area contributed by atoms with Crippen LogP contribution in [0.4, 0.5) is 4.39 Å². The first-order valence-corrected chi connectivity index (χ1v) is 8.59. The number of aromatic nitrogens is 2. The van der Waals surface area contributed by atoms with E-state index in [1.807, 2.05) is 36.4 Å². The molecule has 0 saturated carbocycles. The summed E-state index contributed by atoms with van der Waals surface area (Å²) >= 11 is 0. The van der Waals surface area contributed by atoms with Crippen LogP contribution in [-0.2, 0) is 6.54 Å². The van der Waals surface area contributed by atoms with Gasteiger partial charge in [0, 0.05) is 25.1 Å². The first-order valence-electron chi connectivity index (χ1n) is 8.59. The molecule has 0 saturated heterocycles. The van der Waals surface area contributed by atoms with Gasteiger partial charge in [-0.2, -0.15) is 0 Å². The number of hydrogen-bond acceptors (Lipinski definition) is 3. The molecule has 0 atom stereocenters. The van der Waals surface area contributed by atoms with Gasteiger partial charge in [0.2, 0.25) is 5.43 Å². The average Bonchev–Trinajstić information content (AvgIpc) is 2.71. The summed E-state index contributed by atoms with van der Waals surface area (Å²) in [5, 5.41) is 9.11. The fourth-order valence-corrected chi connectivity index (χ4v) is 3.21. The lowest BCUT2D eigenvalue weighted by atomic mass is 10.1. The highest BCUT2D eigenvalue weighted by molar-refractivity contribution is 5.92. The second-order valence-corrected chi connectivity index (χ2v) is 6.38. The second-order valence-electron chi connectivity index (χ2n) is 6.38. The molecule has 5 nitrogen and oxygen atoms in total. The molecule has 28 heavy (non-hydrogen) atoms. The highest BCUT2D eigenvalue weighted by Gasteiger charge is 2.17. The van der Waals surface area contributed by atoms with Crippen molar-refractivity contribution in [2.24, 2.45) is 0 Å². The molecule has 4 rings (SSSR count). The van der Waals surface area contributed by atoms with Gasteiger partial charge in [-0.1, -0.05) is 36.4 Å². The van der Waals surface area contributed by atoms with Gasteiger partial charge in [-0.15, -0.1) is 0 Å². The molecule has 6 heteroatoms. The normalized spacial score (nSPS) is 10.9. The summed E-state index contributed by atoms with van der Waals surface area (Å²) in [6.07, 6.45) is 4.74. The fraction of sp³-hybridized carbons (Fsp3) is 0.0455. The van der Waals surface area contributed by atoms with E-state index in [9.17, 15) is 19.1 Å². The van der Waals surface area contributed by atoms with E-state index in [4.69, 9.17) is 0 Å². The zero-order valence-electron chi connectivity index (χ0n) is 14.7. The molecule has 0 spiro atoms. The third kappa shape index (κ3) is 3.16. The predicted octanol–water partition coefficient (Wildman–Crippen LogP) is 3.95. The average molecular weight is 374 g/mol. The molecule has 2 aromatic heterocycles. The van der Waals surface area contributed by atoms with Crippen LogP contribution in [0.15, 0.2) is 78.0 Å². The highest BCUT2D eigenvalue weighted by atomic mass is 19.1. The summed E-state index contributed by atoms with van der Waals surface area (Å²) in [5.74, 6) is -2.11. The van der Waals surface area contributed by atoms with Gasteiger partial charge in [0.1, 0.15) is 11.4 Å². The molecular weight excluding hydrogens is 359 g/mol. The zero-order valence-corrected chi connectivity index (χ0v) is 14.7. The number of hydrogen-bond donors (Lipinski definition) is 1. The molecule has 0 amide bonds. The first-order chi connectivity index (χ1) is 13.5. The SMILES string of the molecule is O=C(O)c1cn(Cc2ccc(-c3cccnc3)cc2)c2cccc(F)c2c1=O. The van der Waals surface area contributed by atoms with Crippen LogP contribution in [0.5, 0.6) is 0 Å². The Hall–Kier alpha value is -3.80. The number of carboxylic acid groups (broad SMARTS) is 1. The lowest BCUT2D eigenvalue weighted by Gasteiger charge is -2.13. The summed E-state index contributed by atoms with van der Waals surface area (Å²) in [5.41, 5.74) is 1.95. The Labute approximate surface area is 159 Å². The Balaban J connectivity index is 1.78. The number of nitrogens with zero attached hydrogens (tertiary/aromatic N) is 2. The van der Waals surface area contributed by atoms with E-state index in [0.29, 0.717) is 12.1 Å². The van der Waals surface area contributed by atoms with E-state index in [-0.39, 0.29) is 5.39 Å². The third-order valence-electron chi connectivity index (χ3n) is 4.59. The summed E-state index contributed by atoms with van der Waals surface area (Å²) < 4.78 is 15.8. The molecule has 1 N–H and O–H groups in total. The van der Waals surface area contributed by atoms with E-state index < -0.39 is 22.8 Å². The Kier molecular flexibility index (Phi) is 4.45. The van der Waals surface area contributed by atoms with Gasteiger partial charge in [-0.3, -0.25) is 9.78 Å². The van der Waals surface area contributed by atoms with Gasteiger partial charge in [-0.25, -0.2) is 9.18 Å². The zero-order chi connectivity index (χ0) is 19.7. The number of halogens is 1. The first kappa shape index (κ1) is 17.6. The minimum absolute atomic E-state index is 0.214. The van der Waals surface area contributed by atoms with Crippen molar-refractivity contribution in [2.45, 2.75) is 6.54 Å². The molecular formula is C22H15FN2O3. The number of aromatic carboxylic acids is 1. The molecule has 2 aromatic carbocycles. The van der Waals surface area contributed by atoms with Crippen LogP contribution in [0.3, 0.4) is 0 Å². The van der Waals surface area contributed by atoms with Gasteiger partial charge in [0.15, 0.2) is 0 Å².